The number of hydrogen-bond acceptors (Lipinski definition) is 1. The molecule has 3 aliphatic rings. The Morgan fingerprint density at radius 2 is 0.719 bits per heavy atom. The minimum Gasteiger partial charge on any atom is -0.310 e. The third kappa shape index (κ3) is 4.70. The van der Waals surface area contributed by atoms with Gasteiger partial charge in [-0.1, -0.05) is 170 Å². The van der Waals surface area contributed by atoms with Gasteiger partial charge < -0.3 is 4.90 Å². The lowest BCUT2D eigenvalue weighted by Crippen LogP contribution is -2.26. The highest BCUT2D eigenvalue weighted by Gasteiger charge is 2.51. The lowest BCUT2D eigenvalue weighted by Gasteiger charge is -2.32. The Kier molecular flexibility index (Phi) is 6.97. The van der Waals surface area contributed by atoms with Gasteiger partial charge in [-0.2, -0.15) is 0 Å². The molecule has 0 bridgehead atoms. The molecule has 9 aromatic rings. The fourth-order valence-electron chi connectivity index (χ4n) is 10.2. The number of rotatable bonds is 5. The first kappa shape index (κ1) is 32.1. The number of nitrogens with zero attached hydrogens (tertiary/aromatic N) is 1. The predicted octanol–water partition coefficient (Wildman–Crippen LogP) is 14.4. The SMILES string of the molecule is c1ccc(-c2ccc(N(c3ccc(-c4ccc5c(c4)-c4ccccc4C5)cc3)c3ccc4c(c3)C3(c5ccccc5-c5ccccc53)c3ccccc3-4)cc2)cc1. The summed E-state index contributed by atoms with van der Waals surface area (Å²) in [6, 6.07) is 78.9. The summed E-state index contributed by atoms with van der Waals surface area (Å²) in [7, 11) is 0. The molecule has 0 saturated carbocycles. The molecular weight excluding hydrogens is 687 g/mol. The van der Waals surface area contributed by atoms with Gasteiger partial charge in [-0.15, -0.1) is 0 Å². The molecule has 12 rings (SSSR count). The van der Waals surface area contributed by atoms with Crippen LogP contribution in [0.4, 0.5) is 17.1 Å². The maximum absolute atomic E-state index is 2.48. The van der Waals surface area contributed by atoms with Crippen molar-refractivity contribution in [2.24, 2.45) is 0 Å². The fourth-order valence-corrected chi connectivity index (χ4v) is 10.2. The van der Waals surface area contributed by atoms with Crippen LogP contribution in [0, 0.1) is 0 Å². The van der Waals surface area contributed by atoms with Gasteiger partial charge in [0.05, 0.1) is 5.41 Å². The van der Waals surface area contributed by atoms with Crippen LogP contribution < -0.4 is 4.90 Å². The Balaban J connectivity index is 1.02. The van der Waals surface area contributed by atoms with Gasteiger partial charge in [0.1, 0.15) is 0 Å². The van der Waals surface area contributed by atoms with Crippen molar-refractivity contribution in [3.63, 3.8) is 0 Å². The highest BCUT2D eigenvalue weighted by atomic mass is 15.1. The molecule has 0 N–H and O–H groups in total. The summed E-state index contributed by atoms with van der Waals surface area (Å²) in [4.78, 5) is 2.43. The molecule has 0 amide bonds. The highest BCUT2D eigenvalue weighted by Crippen LogP contribution is 2.63. The molecule has 0 atom stereocenters. The molecule has 0 saturated heterocycles. The van der Waals surface area contributed by atoms with Gasteiger partial charge in [0.25, 0.3) is 0 Å². The molecule has 9 aromatic carbocycles. The predicted molar refractivity (Wildman–Crippen MR) is 237 cm³/mol. The standard InChI is InChI=1S/C56H37N/c1-2-12-37(13-3-1)38-24-28-43(29-25-38)57(44-30-26-39(27-31-44)40-22-23-42-34-41-14-4-5-15-46(41)51(42)35-40)45-32-33-50-49-18-8-11-21-54(49)56(55(50)36-45)52-19-9-6-16-47(52)48-17-7-10-20-53(48)56/h1-33,35-36H,34H2. The van der Waals surface area contributed by atoms with E-state index in [1.54, 1.807) is 0 Å². The number of hydrogen-bond donors (Lipinski definition) is 0. The Hall–Kier alpha value is -7.22. The van der Waals surface area contributed by atoms with Crippen LogP contribution in [0.15, 0.2) is 212 Å². The van der Waals surface area contributed by atoms with Crippen molar-refractivity contribution in [3.05, 3.63) is 246 Å². The van der Waals surface area contributed by atoms with Gasteiger partial charge in [-0.25, -0.2) is 0 Å². The molecule has 57 heavy (non-hydrogen) atoms. The van der Waals surface area contributed by atoms with Gasteiger partial charge in [0, 0.05) is 17.1 Å². The third-order valence-electron chi connectivity index (χ3n) is 12.7. The van der Waals surface area contributed by atoms with Gasteiger partial charge in [0.2, 0.25) is 0 Å². The van der Waals surface area contributed by atoms with Gasteiger partial charge in [-0.3, -0.25) is 0 Å². The van der Waals surface area contributed by atoms with Crippen LogP contribution in [0.5, 0.6) is 0 Å². The molecule has 266 valence electrons. The monoisotopic (exact) mass is 723 g/mol. The zero-order valence-corrected chi connectivity index (χ0v) is 31.4. The first-order valence-electron chi connectivity index (χ1n) is 20.0. The van der Waals surface area contributed by atoms with Gasteiger partial charge in [-0.05, 0) is 138 Å². The minimum atomic E-state index is -0.409. The fraction of sp³-hybridized carbons (Fsp3) is 0.0357. The maximum atomic E-state index is 2.48. The quantitative estimate of drug-likeness (QED) is 0.171. The largest absolute Gasteiger partial charge is 0.310 e. The third-order valence-corrected chi connectivity index (χ3v) is 12.7. The smallest absolute Gasteiger partial charge is 0.0726 e. The molecule has 3 aliphatic carbocycles. The molecule has 0 fully saturated rings. The van der Waals surface area contributed by atoms with Crippen molar-refractivity contribution in [2.45, 2.75) is 11.8 Å². The Morgan fingerprint density at radius 3 is 1.33 bits per heavy atom. The Bertz CT molecular complexity index is 2960. The zero-order valence-electron chi connectivity index (χ0n) is 31.4. The summed E-state index contributed by atoms with van der Waals surface area (Å²) >= 11 is 0. The normalized spacial score (nSPS) is 13.3. The van der Waals surface area contributed by atoms with E-state index in [-0.39, 0.29) is 0 Å². The summed E-state index contributed by atoms with van der Waals surface area (Å²) in [5, 5.41) is 0. The minimum absolute atomic E-state index is 0.409. The van der Waals surface area contributed by atoms with Crippen molar-refractivity contribution in [1.82, 2.24) is 0 Å². The summed E-state index contributed by atoms with van der Waals surface area (Å²) in [5.41, 5.74) is 24.0. The topological polar surface area (TPSA) is 3.24 Å². The molecular formula is C56H37N. The highest BCUT2D eigenvalue weighted by molar-refractivity contribution is 5.96. The first-order chi connectivity index (χ1) is 28.3. The average Bonchev–Trinajstić information content (AvgIpc) is 3.91. The average molecular weight is 724 g/mol. The number of anilines is 3. The van der Waals surface area contributed by atoms with Crippen LogP contribution >= 0.6 is 0 Å². The van der Waals surface area contributed by atoms with E-state index in [0.717, 1.165) is 23.5 Å². The summed E-state index contributed by atoms with van der Waals surface area (Å²) in [6.07, 6.45) is 1.01. The van der Waals surface area contributed by atoms with Crippen LogP contribution in [0.25, 0.3) is 55.6 Å². The number of fused-ring (bicyclic) bond motifs is 13. The number of benzene rings is 9. The first-order valence-corrected chi connectivity index (χ1v) is 20.0. The van der Waals surface area contributed by atoms with E-state index >= 15 is 0 Å². The van der Waals surface area contributed by atoms with Gasteiger partial charge >= 0.3 is 0 Å². The van der Waals surface area contributed by atoms with Crippen molar-refractivity contribution < 1.29 is 0 Å². The molecule has 0 heterocycles. The lowest BCUT2D eigenvalue weighted by molar-refractivity contribution is 0.793. The molecule has 0 radical (unpaired) electrons. The maximum Gasteiger partial charge on any atom is 0.0726 e. The van der Waals surface area contributed by atoms with Crippen LogP contribution in [0.3, 0.4) is 0 Å². The molecule has 1 heteroatoms. The molecule has 1 spiro atoms. The second-order valence-corrected chi connectivity index (χ2v) is 15.6. The molecule has 0 aromatic heterocycles. The molecule has 0 unspecified atom stereocenters. The lowest BCUT2D eigenvalue weighted by atomic mass is 9.70. The van der Waals surface area contributed by atoms with E-state index in [4.69, 9.17) is 0 Å². The van der Waals surface area contributed by atoms with E-state index in [2.05, 4.69) is 217 Å². The summed E-state index contributed by atoms with van der Waals surface area (Å²) in [6.45, 7) is 0. The summed E-state index contributed by atoms with van der Waals surface area (Å²) < 4.78 is 0. The van der Waals surface area contributed by atoms with Crippen LogP contribution in [0.1, 0.15) is 33.4 Å². The van der Waals surface area contributed by atoms with E-state index in [0.29, 0.717) is 0 Å². The molecule has 0 aliphatic heterocycles. The van der Waals surface area contributed by atoms with Crippen molar-refractivity contribution in [3.8, 4) is 55.6 Å². The Morgan fingerprint density at radius 1 is 0.281 bits per heavy atom. The summed E-state index contributed by atoms with van der Waals surface area (Å²) in [5.74, 6) is 0. The zero-order chi connectivity index (χ0) is 37.5. The Labute approximate surface area is 333 Å². The van der Waals surface area contributed by atoms with Crippen LogP contribution in [-0.2, 0) is 11.8 Å². The van der Waals surface area contributed by atoms with Crippen LogP contribution in [-0.4, -0.2) is 0 Å². The van der Waals surface area contributed by atoms with Crippen LogP contribution in [0.2, 0.25) is 0 Å². The van der Waals surface area contributed by atoms with E-state index in [9.17, 15) is 0 Å². The second-order valence-electron chi connectivity index (χ2n) is 15.6. The molecule has 1 nitrogen and oxygen atoms in total. The van der Waals surface area contributed by atoms with Gasteiger partial charge in [0.15, 0.2) is 0 Å². The van der Waals surface area contributed by atoms with Crippen molar-refractivity contribution in [2.75, 3.05) is 4.90 Å². The van der Waals surface area contributed by atoms with E-state index < -0.39 is 5.41 Å². The van der Waals surface area contributed by atoms with E-state index in [1.807, 2.05) is 0 Å². The van der Waals surface area contributed by atoms with Crippen molar-refractivity contribution >= 4 is 17.1 Å². The van der Waals surface area contributed by atoms with E-state index in [1.165, 1.54) is 89.0 Å². The second kappa shape index (κ2) is 12.4. The van der Waals surface area contributed by atoms with Crippen molar-refractivity contribution in [1.29, 1.82) is 0 Å².